The fourth-order valence-corrected chi connectivity index (χ4v) is 4.77. The largest absolute Gasteiger partial charge is 0.484 e. The first-order valence-electron chi connectivity index (χ1n) is 10.1. The van der Waals surface area contributed by atoms with Crippen LogP contribution in [0.15, 0.2) is 42.5 Å². The lowest BCUT2D eigenvalue weighted by molar-refractivity contribution is -0.120. The summed E-state index contributed by atoms with van der Waals surface area (Å²) in [6, 6.07) is 12.5. The first-order valence-corrected chi connectivity index (χ1v) is 11.7. The second kappa shape index (κ2) is 10.6. The van der Waals surface area contributed by atoms with E-state index in [1.54, 1.807) is 29.2 Å². The number of thiazole rings is 1. The molecule has 0 saturated carbocycles. The van der Waals surface area contributed by atoms with Gasteiger partial charge in [-0.05, 0) is 48.9 Å². The van der Waals surface area contributed by atoms with Gasteiger partial charge in [-0.1, -0.05) is 34.5 Å². The Morgan fingerprint density at radius 2 is 1.87 bits per heavy atom. The van der Waals surface area contributed by atoms with E-state index in [1.807, 2.05) is 18.2 Å². The first-order chi connectivity index (χ1) is 15.1. The zero-order valence-electron chi connectivity index (χ0n) is 16.9. The molecule has 31 heavy (non-hydrogen) atoms. The maximum atomic E-state index is 13.1. The highest BCUT2D eigenvalue weighted by molar-refractivity contribution is 7.22. The molecule has 3 aromatic rings. The second-order valence-corrected chi connectivity index (χ2v) is 9.09. The van der Waals surface area contributed by atoms with E-state index in [2.05, 4.69) is 9.88 Å². The van der Waals surface area contributed by atoms with Crippen molar-refractivity contribution in [1.82, 2.24) is 9.88 Å². The molecule has 0 radical (unpaired) electrons. The fourth-order valence-electron chi connectivity index (χ4n) is 3.36. The molecular weight excluding hydrogens is 457 g/mol. The van der Waals surface area contributed by atoms with Crippen molar-refractivity contribution in [2.24, 2.45) is 0 Å². The fraction of sp³-hybridized carbons (Fsp3) is 0.364. The molecule has 1 aliphatic heterocycles. The SMILES string of the molecule is O=C(COc1ccc(Cl)cc1)N(CCCN1CCOCC1)c1nc2ccc(Cl)cc2s1. The van der Waals surface area contributed by atoms with Gasteiger partial charge >= 0.3 is 0 Å². The maximum Gasteiger partial charge on any atom is 0.266 e. The van der Waals surface area contributed by atoms with Gasteiger partial charge in [-0.25, -0.2) is 4.98 Å². The average Bonchev–Trinajstić information content (AvgIpc) is 3.19. The van der Waals surface area contributed by atoms with Crippen LogP contribution in [0.1, 0.15) is 6.42 Å². The van der Waals surface area contributed by atoms with Crippen LogP contribution in [0.2, 0.25) is 10.0 Å². The summed E-state index contributed by atoms with van der Waals surface area (Å²) in [5.74, 6) is 0.462. The molecule has 0 N–H and O–H groups in total. The molecule has 1 aliphatic rings. The molecule has 2 heterocycles. The van der Waals surface area contributed by atoms with Crippen LogP contribution < -0.4 is 9.64 Å². The standard InChI is InChI=1S/C22H23Cl2N3O3S/c23-16-2-5-18(6-3-16)30-15-21(28)27(9-1-8-26-10-12-29-13-11-26)22-25-19-7-4-17(24)14-20(19)31-22/h2-7,14H,1,8-13,15H2. The minimum atomic E-state index is -0.137. The summed E-state index contributed by atoms with van der Waals surface area (Å²) in [6.45, 7) is 4.76. The van der Waals surface area contributed by atoms with Gasteiger partial charge < -0.3 is 9.47 Å². The summed E-state index contributed by atoms with van der Waals surface area (Å²) in [5.41, 5.74) is 0.828. The van der Waals surface area contributed by atoms with Crippen molar-refractivity contribution in [3.8, 4) is 5.75 Å². The second-order valence-electron chi connectivity index (χ2n) is 7.20. The average molecular weight is 480 g/mol. The summed E-state index contributed by atoms with van der Waals surface area (Å²) < 4.78 is 12.1. The van der Waals surface area contributed by atoms with Gasteiger partial charge in [0, 0.05) is 36.2 Å². The highest BCUT2D eigenvalue weighted by Gasteiger charge is 2.21. The van der Waals surface area contributed by atoms with Crippen molar-refractivity contribution in [2.45, 2.75) is 6.42 Å². The third-order valence-electron chi connectivity index (χ3n) is 5.01. The number of carbonyl (C=O) groups excluding carboxylic acids is 1. The molecule has 0 bridgehead atoms. The van der Waals surface area contributed by atoms with Crippen LogP contribution in [0.5, 0.6) is 5.75 Å². The molecule has 9 heteroatoms. The third kappa shape index (κ3) is 6.08. The number of hydrogen-bond acceptors (Lipinski definition) is 6. The van der Waals surface area contributed by atoms with Crippen molar-refractivity contribution >= 4 is 55.8 Å². The molecule has 0 atom stereocenters. The van der Waals surface area contributed by atoms with Crippen molar-refractivity contribution < 1.29 is 14.3 Å². The van der Waals surface area contributed by atoms with Crippen LogP contribution >= 0.6 is 34.5 Å². The molecular formula is C22H23Cl2N3O3S. The maximum absolute atomic E-state index is 13.1. The number of amides is 1. The highest BCUT2D eigenvalue weighted by Crippen LogP contribution is 2.31. The van der Waals surface area contributed by atoms with Crippen LogP contribution in [0.25, 0.3) is 10.2 Å². The van der Waals surface area contributed by atoms with E-state index in [1.165, 1.54) is 11.3 Å². The number of carbonyl (C=O) groups is 1. The van der Waals surface area contributed by atoms with Crippen molar-refractivity contribution in [3.63, 3.8) is 0 Å². The molecule has 1 aromatic heterocycles. The summed E-state index contributed by atoms with van der Waals surface area (Å²) in [4.78, 5) is 21.8. The number of rotatable bonds is 8. The lowest BCUT2D eigenvalue weighted by Gasteiger charge is -2.27. The molecule has 0 unspecified atom stereocenters. The summed E-state index contributed by atoms with van der Waals surface area (Å²) in [5, 5.41) is 1.93. The Kier molecular flexibility index (Phi) is 7.63. The number of benzene rings is 2. The molecule has 1 fully saturated rings. The van der Waals surface area contributed by atoms with Crippen molar-refractivity contribution in [1.29, 1.82) is 0 Å². The lowest BCUT2D eigenvalue weighted by Crippen LogP contribution is -2.40. The number of nitrogens with zero attached hydrogens (tertiary/aromatic N) is 3. The molecule has 1 amide bonds. The zero-order chi connectivity index (χ0) is 21.6. The van der Waals surface area contributed by atoms with Crippen LogP contribution in [-0.2, 0) is 9.53 Å². The van der Waals surface area contributed by atoms with E-state index in [0.717, 1.165) is 49.5 Å². The van der Waals surface area contributed by atoms with Gasteiger partial charge in [0.15, 0.2) is 11.7 Å². The molecule has 1 saturated heterocycles. The summed E-state index contributed by atoms with van der Waals surface area (Å²) in [7, 11) is 0. The van der Waals surface area contributed by atoms with Crippen molar-refractivity contribution in [2.75, 3.05) is 50.9 Å². The topological polar surface area (TPSA) is 54.9 Å². The number of aromatic nitrogens is 1. The molecule has 0 spiro atoms. The van der Waals surface area contributed by atoms with Gasteiger partial charge in [-0.3, -0.25) is 14.6 Å². The van der Waals surface area contributed by atoms with Crippen LogP contribution in [0.3, 0.4) is 0 Å². The highest BCUT2D eigenvalue weighted by atomic mass is 35.5. The third-order valence-corrected chi connectivity index (χ3v) is 6.54. The minimum Gasteiger partial charge on any atom is -0.484 e. The van der Waals surface area contributed by atoms with Gasteiger partial charge in [-0.2, -0.15) is 0 Å². The monoisotopic (exact) mass is 479 g/mol. The van der Waals surface area contributed by atoms with Gasteiger partial charge in [0.05, 0.1) is 23.4 Å². The number of morpholine rings is 1. The van der Waals surface area contributed by atoms with E-state index in [4.69, 9.17) is 32.7 Å². The predicted octanol–water partition coefficient (Wildman–Crippen LogP) is 4.74. The summed E-state index contributed by atoms with van der Waals surface area (Å²) in [6.07, 6.45) is 0.837. The smallest absolute Gasteiger partial charge is 0.266 e. The van der Waals surface area contributed by atoms with Gasteiger partial charge in [0.2, 0.25) is 0 Å². The first kappa shape index (κ1) is 22.3. The normalized spacial score (nSPS) is 14.6. The number of halogens is 2. The Morgan fingerprint density at radius 3 is 2.65 bits per heavy atom. The van der Waals surface area contributed by atoms with E-state index in [0.29, 0.717) is 27.5 Å². The minimum absolute atomic E-state index is 0.0735. The molecule has 164 valence electrons. The van der Waals surface area contributed by atoms with E-state index < -0.39 is 0 Å². The van der Waals surface area contributed by atoms with Crippen molar-refractivity contribution in [3.05, 3.63) is 52.5 Å². The molecule has 4 rings (SSSR count). The van der Waals surface area contributed by atoms with Gasteiger partial charge in [0.1, 0.15) is 5.75 Å². The van der Waals surface area contributed by atoms with E-state index in [9.17, 15) is 4.79 Å². The Hall–Kier alpha value is -1.90. The number of hydrogen-bond donors (Lipinski definition) is 0. The molecule has 6 nitrogen and oxygen atoms in total. The van der Waals surface area contributed by atoms with Crippen LogP contribution in [0.4, 0.5) is 5.13 Å². The Morgan fingerprint density at radius 1 is 1.13 bits per heavy atom. The van der Waals surface area contributed by atoms with Crippen LogP contribution in [0, 0.1) is 0 Å². The number of anilines is 1. The zero-order valence-corrected chi connectivity index (χ0v) is 19.3. The molecule has 2 aromatic carbocycles. The number of fused-ring (bicyclic) bond motifs is 1. The van der Waals surface area contributed by atoms with E-state index >= 15 is 0 Å². The number of ether oxygens (including phenoxy) is 2. The Balaban J connectivity index is 1.46. The molecule has 0 aliphatic carbocycles. The Bertz CT molecular complexity index is 1020. The summed E-state index contributed by atoms with van der Waals surface area (Å²) >= 11 is 13.5. The lowest BCUT2D eigenvalue weighted by atomic mass is 10.3. The predicted molar refractivity (Wildman–Crippen MR) is 126 cm³/mol. The van der Waals surface area contributed by atoms with Gasteiger partial charge in [0.25, 0.3) is 5.91 Å². The van der Waals surface area contributed by atoms with E-state index in [-0.39, 0.29) is 12.5 Å². The Labute approximate surface area is 195 Å². The quantitative estimate of drug-likeness (QED) is 0.467. The van der Waals surface area contributed by atoms with Crippen LogP contribution in [-0.4, -0.2) is 61.8 Å². The van der Waals surface area contributed by atoms with Gasteiger partial charge in [-0.15, -0.1) is 0 Å².